The molecule has 2 aromatic rings. The molecule has 10 heteroatoms. The fourth-order valence-corrected chi connectivity index (χ4v) is 6.85. The largest absolute Gasteiger partial charge is 0.351 e. The summed E-state index contributed by atoms with van der Waals surface area (Å²) < 4.78 is 43.0. The second kappa shape index (κ2) is 11.1. The molecular weight excluding hydrogens is 507 g/mol. The van der Waals surface area contributed by atoms with Crippen LogP contribution in [-0.4, -0.2) is 49.7 Å². The average molecular weight is 543 g/mol. The predicted octanol–water partition coefficient (Wildman–Crippen LogP) is 3.59. The van der Waals surface area contributed by atoms with Crippen molar-refractivity contribution in [2.75, 3.05) is 18.0 Å². The Balaban J connectivity index is 1.45. The molecule has 8 nitrogen and oxygen atoms in total. The number of benzene rings is 2. The lowest BCUT2D eigenvalue weighted by Gasteiger charge is -2.41. The molecule has 2 amide bonds. The molecule has 1 atom stereocenters. The van der Waals surface area contributed by atoms with E-state index in [1.165, 1.54) is 27.4 Å². The SMILES string of the molecule is Cc1ccccc1[C@@H](C(=O)NC1CCCCC1)N(c1cccc(F)c1)C(=O)[C@H]1C[C@@H](NS(=O)(=O)N2CC2)C1. The Morgan fingerprint density at radius 2 is 1.71 bits per heavy atom. The summed E-state index contributed by atoms with van der Waals surface area (Å²) in [4.78, 5) is 29.4. The Hall–Kier alpha value is -2.82. The summed E-state index contributed by atoms with van der Waals surface area (Å²) in [5.41, 5.74) is 1.83. The van der Waals surface area contributed by atoms with Crippen molar-refractivity contribution in [3.8, 4) is 0 Å². The van der Waals surface area contributed by atoms with E-state index in [0.29, 0.717) is 37.2 Å². The Morgan fingerprint density at radius 1 is 1.00 bits per heavy atom. The van der Waals surface area contributed by atoms with Gasteiger partial charge < -0.3 is 5.32 Å². The number of nitrogens with zero attached hydrogens (tertiary/aromatic N) is 2. The lowest BCUT2D eigenvalue weighted by molar-refractivity contribution is -0.130. The number of anilines is 1. The van der Waals surface area contributed by atoms with Crippen molar-refractivity contribution in [1.29, 1.82) is 0 Å². The highest BCUT2D eigenvalue weighted by atomic mass is 32.2. The van der Waals surface area contributed by atoms with Crippen molar-refractivity contribution in [2.24, 2.45) is 5.92 Å². The van der Waals surface area contributed by atoms with E-state index in [0.717, 1.165) is 37.7 Å². The molecule has 204 valence electrons. The highest BCUT2D eigenvalue weighted by molar-refractivity contribution is 7.87. The topological polar surface area (TPSA) is 98.6 Å². The van der Waals surface area contributed by atoms with Crippen molar-refractivity contribution in [3.63, 3.8) is 0 Å². The van der Waals surface area contributed by atoms with E-state index in [2.05, 4.69) is 10.0 Å². The lowest BCUT2D eigenvalue weighted by atomic mass is 9.79. The number of halogens is 1. The molecule has 0 aromatic heterocycles. The molecule has 38 heavy (non-hydrogen) atoms. The Bertz CT molecular complexity index is 1290. The molecule has 0 unspecified atom stereocenters. The maximum absolute atomic E-state index is 14.4. The van der Waals surface area contributed by atoms with Crippen LogP contribution < -0.4 is 14.9 Å². The summed E-state index contributed by atoms with van der Waals surface area (Å²) in [6.45, 7) is 2.91. The van der Waals surface area contributed by atoms with Gasteiger partial charge in [0.25, 0.3) is 10.2 Å². The molecule has 0 bridgehead atoms. The number of nitrogens with one attached hydrogen (secondary N) is 2. The molecule has 3 fully saturated rings. The lowest BCUT2D eigenvalue weighted by Crippen LogP contribution is -2.54. The fraction of sp³-hybridized carbons (Fsp3) is 0.500. The Labute approximate surface area is 223 Å². The van der Waals surface area contributed by atoms with Crippen molar-refractivity contribution < 1.29 is 22.4 Å². The summed E-state index contributed by atoms with van der Waals surface area (Å²) in [7, 11) is -3.52. The monoisotopic (exact) mass is 542 g/mol. The zero-order chi connectivity index (χ0) is 26.9. The van der Waals surface area contributed by atoms with Gasteiger partial charge in [0.15, 0.2) is 0 Å². The minimum Gasteiger partial charge on any atom is -0.351 e. The van der Waals surface area contributed by atoms with Crippen LogP contribution in [0.1, 0.15) is 62.1 Å². The van der Waals surface area contributed by atoms with Crippen LogP contribution in [-0.2, 0) is 19.8 Å². The van der Waals surface area contributed by atoms with Gasteiger partial charge in [-0.2, -0.15) is 17.4 Å². The van der Waals surface area contributed by atoms with Gasteiger partial charge >= 0.3 is 0 Å². The molecule has 2 aliphatic carbocycles. The zero-order valence-electron chi connectivity index (χ0n) is 21.6. The van der Waals surface area contributed by atoms with Gasteiger partial charge in [0.05, 0.1) is 0 Å². The van der Waals surface area contributed by atoms with Crippen LogP contribution in [0.4, 0.5) is 10.1 Å². The second-order valence-electron chi connectivity index (χ2n) is 10.7. The van der Waals surface area contributed by atoms with Crippen LogP contribution in [0.3, 0.4) is 0 Å². The van der Waals surface area contributed by atoms with E-state index >= 15 is 0 Å². The number of carbonyl (C=O) groups is 2. The average Bonchev–Trinajstić information content (AvgIpc) is 3.72. The van der Waals surface area contributed by atoms with Gasteiger partial charge in [-0.25, -0.2) is 4.39 Å². The van der Waals surface area contributed by atoms with Gasteiger partial charge in [-0.3, -0.25) is 14.5 Å². The van der Waals surface area contributed by atoms with Gasteiger partial charge in [-0.1, -0.05) is 49.6 Å². The van der Waals surface area contributed by atoms with Gasteiger partial charge in [0.1, 0.15) is 11.9 Å². The van der Waals surface area contributed by atoms with Gasteiger partial charge in [-0.05, 0) is 61.9 Å². The maximum Gasteiger partial charge on any atom is 0.279 e. The fourth-order valence-electron chi connectivity index (χ4n) is 5.53. The van der Waals surface area contributed by atoms with E-state index in [1.54, 1.807) is 6.07 Å². The van der Waals surface area contributed by atoms with Crippen LogP contribution in [0.5, 0.6) is 0 Å². The summed E-state index contributed by atoms with van der Waals surface area (Å²) in [5.74, 6) is -1.60. The molecule has 5 rings (SSSR count). The molecule has 3 aliphatic rings. The number of aryl methyl sites for hydroxylation is 1. The van der Waals surface area contributed by atoms with Crippen molar-refractivity contribution in [3.05, 3.63) is 65.5 Å². The first kappa shape index (κ1) is 26.8. The maximum atomic E-state index is 14.4. The first-order valence-corrected chi connectivity index (χ1v) is 14.9. The highest BCUT2D eigenvalue weighted by Gasteiger charge is 2.44. The standard InChI is InChI=1S/C28H35FN4O4S/c1-19-8-5-6-13-25(19)26(27(34)30-22-10-3-2-4-11-22)33(24-12-7-9-21(29)18-24)28(35)20-16-23(17-20)31-38(36,37)32-14-15-32/h5-9,12-13,18,20,22-23,26,31H,2-4,10-11,14-17H2,1H3,(H,30,34)/t20-,23+,26-/m0/s1. The molecule has 2 aromatic carbocycles. The van der Waals surface area contributed by atoms with Crippen LogP contribution in [0.15, 0.2) is 48.5 Å². The van der Waals surface area contributed by atoms with E-state index in [9.17, 15) is 22.4 Å². The molecule has 2 N–H and O–H groups in total. The van der Waals surface area contributed by atoms with Crippen LogP contribution >= 0.6 is 0 Å². The van der Waals surface area contributed by atoms with Crippen molar-refractivity contribution in [1.82, 2.24) is 14.3 Å². The minimum atomic E-state index is -3.52. The summed E-state index contributed by atoms with van der Waals surface area (Å²) >= 11 is 0. The van der Waals surface area contributed by atoms with Crippen LogP contribution in [0.2, 0.25) is 0 Å². The van der Waals surface area contributed by atoms with Gasteiger partial charge in [-0.15, -0.1) is 0 Å². The third kappa shape index (κ3) is 5.92. The Kier molecular flexibility index (Phi) is 7.83. The first-order chi connectivity index (χ1) is 18.2. The van der Waals surface area contributed by atoms with Crippen LogP contribution in [0, 0.1) is 18.7 Å². The summed E-state index contributed by atoms with van der Waals surface area (Å²) in [6, 6.07) is 11.9. The van der Waals surface area contributed by atoms with Crippen LogP contribution in [0.25, 0.3) is 0 Å². The number of amides is 2. The minimum absolute atomic E-state index is 0.0344. The number of carbonyl (C=O) groups excluding carboxylic acids is 2. The van der Waals surface area contributed by atoms with Crippen molar-refractivity contribution in [2.45, 2.75) is 70.0 Å². The molecule has 0 spiro atoms. The Morgan fingerprint density at radius 3 is 2.37 bits per heavy atom. The summed E-state index contributed by atoms with van der Waals surface area (Å²) in [6.07, 6.45) is 5.66. The van der Waals surface area contributed by atoms with Gasteiger partial charge in [0, 0.05) is 36.8 Å². The van der Waals surface area contributed by atoms with Gasteiger partial charge in [0.2, 0.25) is 11.8 Å². The normalized spacial score (nSPS) is 22.8. The van der Waals surface area contributed by atoms with E-state index in [4.69, 9.17) is 0 Å². The molecule has 1 heterocycles. The van der Waals surface area contributed by atoms with E-state index in [1.807, 2.05) is 31.2 Å². The third-order valence-corrected chi connectivity index (χ3v) is 9.49. The van der Waals surface area contributed by atoms with E-state index in [-0.39, 0.29) is 23.9 Å². The quantitative estimate of drug-likeness (QED) is 0.473. The first-order valence-electron chi connectivity index (χ1n) is 13.4. The third-order valence-electron chi connectivity index (χ3n) is 7.81. The predicted molar refractivity (Wildman–Crippen MR) is 143 cm³/mol. The smallest absolute Gasteiger partial charge is 0.279 e. The summed E-state index contributed by atoms with van der Waals surface area (Å²) in [5, 5.41) is 3.17. The molecule has 1 saturated heterocycles. The molecular formula is C28H35FN4O4S. The number of hydrogen-bond donors (Lipinski definition) is 2. The highest BCUT2D eigenvalue weighted by Crippen LogP contribution is 2.37. The molecule has 2 saturated carbocycles. The molecule has 1 aliphatic heterocycles. The van der Waals surface area contributed by atoms with E-state index < -0.39 is 28.0 Å². The number of hydrogen-bond acceptors (Lipinski definition) is 4. The molecule has 0 radical (unpaired) electrons. The van der Waals surface area contributed by atoms with Crippen molar-refractivity contribution >= 4 is 27.7 Å². The second-order valence-corrected chi connectivity index (χ2v) is 12.4. The number of rotatable bonds is 9. The zero-order valence-corrected chi connectivity index (χ0v) is 22.4.